The molecule has 1 spiro atoms. The lowest BCUT2D eigenvalue weighted by molar-refractivity contribution is 0.0325. The summed E-state index contributed by atoms with van der Waals surface area (Å²) in [5.41, 5.74) is 3.23. The van der Waals surface area contributed by atoms with Crippen LogP contribution < -0.4 is 4.74 Å². The van der Waals surface area contributed by atoms with E-state index in [0.717, 1.165) is 60.7 Å². The summed E-state index contributed by atoms with van der Waals surface area (Å²) < 4.78 is 6.19. The summed E-state index contributed by atoms with van der Waals surface area (Å²) in [5.74, 6) is 0.845. The average Bonchev–Trinajstić information content (AvgIpc) is 3.47. The number of carbonyl (C=O) groups is 2. The number of benzene rings is 2. The Hall–Kier alpha value is -4.20. The van der Waals surface area contributed by atoms with Crippen LogP contribution in [-0.2, 0) is 6.42 Å². The molecule has 0 unspecified atom stereocenters. The fourth-order valence-corrected chi connectivity index (χ4v) is 6.20. The summed E-state index contributed by atoms with van der Waals surface area (Å²) in [7, 11) is 0. The first-order valence-electron chi connectivity index (χ1n) is 14.2. The molecule has 2 aliphatic rings. The summed E-state index contributed by atoms with van der Waals surface area (Å²) in [6.45, 7) is 2.84. The van der Waals surface area contributed by atoms with Crippen LogP contribution in [0.3, 0.4) is 0 Å². The van der Waals surface area contributed by atoms with Crippen LogP contribution in [0.4, 0.5) is 0 Å². The molecule has 8 heteroatoms. The number of nitrogens with zero attached hydrogens (tertiary/aromatic N) is 4. The van der Waals surface area contributed by atoms with E-state index < -0.39 is 0 Å². The van der Waals surface area contributed by atoms with E-state index in [1.165, 1.54) is 11.8 Å². The van der Waals surface area contributed by atoms with Gasteiger partial charge in [-0.15, -0.1) is 0 Å². The maximum atomic E-state index is 13.6. The Morgan fingerprint density at radius 3 is 2.62 bits per heavy atom. The number of para-hydroxylation sites is 1. The molecule has 0 aliphatic carbocycles. The Balaban J connectivity index is 1.22. The van der Waals surface area contributed by atoms with Gasteiger partial charge >= 0.3 is 0 Å². The number of aryl methyl sites for hydroxylation is 1. The maximum absolute atomic E-state index is 13.6. The summed E-state index contributed by atoms with van der Waals surface area (Å²) >= 11 is 0. The van der Waals surface area contributed by atoms with Gasteiger partial charge in [0.1, 0.15) is 18.1 Å². The van der Waals surface area contributed by atoms with Gasteiger partial charge in [0.25, 0.3) is 11.8 Å². The highest BCUT2D eigenvalue weighted by molar-refractivity contribution is 5.98. The van der Waals surface area contributed by atoms with Crippen molar-refractivity contribution < 1.29 is 14.3 Å². The summed E-state index contributed by atoms with van der Waals surface area (Å²) in [6, 6.07) is 16.0. The highest BCUT2D eigenvalue weighted by atomic mass is 16.5. The molecule has 2 aliphatic heterocycles. The molecule has 2 aromatic carbocycles. The number of piperidine rings is 1. The minimum absolute atomic E-state index is 0.0715. The second kappa shape index (κ2) is 11.5. The number of carbonyl (C=O) groups excluding carboxylic acids is 2. The third-order valence-electron chi connectivity index (χ3n) is 8.50. The Kier molecular flexibility index (Phi) is 7.49. The Labute approximate surface area is 234 Å². The number of ether oxygens (including phenoxy) is 1. The van der Waals surface area contributed by atoms with Crippen LogP contribution in [0.1, 0.15) is 58.5 Å². The molecule has 1 fully saturated rings. The van der Waals surface area contributed by atoms with Crippen molar-refractivity contribution in [3.8, 4) is 5.75 Å². The highest BCUT2D eigenvalue weighted by Crippen LogP contribution is 2.39. The zero-order chi connectivity index (χ0) is 27.4. The Morgan fingerprint density at radius 1 is 0.900 bits per heavy atom. The van der Waals surface area contributed by atoms with Crippen molar-refractivity contribution in [2.45, 2.75) is 38.5 Å². The monoisotopic (exact) mass is 537 g/mol. The van der Waals surface area contributed by atoms with E-state index in [1.54, 1.807) is 12.4 Å². The SMILES string of the molecule is O=C(c1ccc2[nH]ccc2c1)N1CCC2(CCCCc3ccccc3OCCN(C(=O)c3cnccn3)C2)CC1. The van der Waals surface area contributed by atoms with Crippen molar-refractivity contribution in [1.29, 1.82) is 0 Å². The number of likely N-dealkylation sites (tertiary alicyclic amines) is 1. The number of fused-ring (bicyclic) bond motifs is 2. The standard InChI is InChI=1S/C32H35N5O3/c38-30(26-8-9-27-25(21-26)10-14-34-27)36-17-12-32(13-18-36)11-4-3-6-24-5-1-2-7-29(24)40-20-19-37(23-32)31(39)28-22-33-15-16-35-28/h1-2,5,7-10,14-16,21-22,34H,3-4,6,11-13,17-20,23H2. The molecule has 0 radical (unpaired) electrons. The van der Waals surface area contributed by atoms with Crippen LogP contribution >= 0.6 is 0 Å². The number of hydrogen-bond acceptors (Lipinski definition) is 5. The number of amides is 2. The van der Waals surface area contributed by atoms with Crippen molar-refractivity contribution in [2.24, 2.45) is 5.41 Å². The number of rotatable bonds is 2. The van der Waals surface area contributed by atoms with Gasteiger partial charge in [0.15, 0.2) is 0 Å². The number of H-pyrrole nitrogens is 1. The van der Waals surface area contributed by atoms with Gasteiger partial charge in [-0.1, -0.05) is 24.6 Å². The fraction of sp³-hybridized carbons (Fsp3) is 0.375. The molecule has 206 valence electrons. The molecule has 4 heterocycles. The second-order valence-electron chi connectivity index (χ2n) is 11.1. The van der Waals surface area contributed by atoms with Crippen LogP contribution in [-0.4, -0.2) is 69.4 Å². The molecule has 0 bridgehead atoms. The largest absolute Gasteiger partial charge is 0.491 e. The lowest BCUT2D eigenvalue weighted by atomic mass is 9.73. The van der Waals surface area contributed by atoms with E-state index in [4.69, 9.17) is 4.74 Å². The minimum Gasteiger partial charge on any atom is -0.491 e. The van der Waals surface area contributed by atoms with Gasteiger partial charge in [0, 0.05) is 54.7 Å². The average molecular weight is 538 g/mol. The lowest BCUT2D eigenvalue weighted by Crippen LogP contribution is -2.50. The normalized spacial score (nSPS) is 17.9. The first kappa shape index (κ1) is 26.0. The van der Waals surface area contributed by atoms with E-state index >= 15 is 0 Å². The van der Waals surface area contributed by atoms with Crippen LogP contribution in [0, 0.1) is 5.41 Å². The third-order valence-corrected chi connectivity index (χ3v) is 8.50. The molecular weight excluding hydrogens is 502 g/mol. The molecule has 1 N–H and O–H groups in total. The quantitative estimate of drug-likeness (QED) is 0.383. The lowest BCUT2D eigenvalue weighted by Gasteiger charge is -2.45. The van der Waals surface area contributed by atoms with E-state index in [0.29, 0.717) is 38.5 Å². The predicted octanol–water partition coefficient (Wildman–Crippen LogP) is 5.13. The number of hydrogen-bond donors (Lipinski definition) is 1. The molecule has 2 aromatic heterocycles. The number of nitrogens with one attached hydrogen (secondary N) is 1. The highest BCUT2D eigenvalue weighted by Gasteiger charge is 2.38. The summed E-state index contributed by atoms with van der Waals surface area (Å²) in [4.78, 5) is 42.5. The van der Waals surface area contributed by atoms with Crippen LogP contribution in [0.25, 0.3) is 10.9 Å². The smallest absolute Gasteiger partial charge is 0.274 e. The Bertz CT molecular complexity index is 1480. The van der Waals surface area contributed by atoms with Crippen molar-refractivity contribution in [1.82, 2.24) is 24.8 Å². The second-order valence-corrected chi connectivity index (χ2v) is 11.1. The van der Waals surface area contributed by atoms with Gasteiger partial charge in [-0.2, -0.15) is 0 Å². The van der Waals surface area contributed by atoms with Gasteiger partial charge in [-0.05, 0) is 73.4 Å². The van der Waals surface area contributed by atoms with Crippen molar-refractivity contribution >= 4 is 22.7 Å². The third kappa shape index (κ3) is 5.57. The van der Waals surface area contributed by atoms with E-state index in [9.17, 15) is 9.59 Å². The van der Waals surface area contributed by atoms with E-state index in [1.807, 2.05) is 52.4 Å². The molecule has 1 saturated heterocycles. The van der Waals surface area contributed by atoms with Crippen molar-refractivity contribution in [3.05, 3.63) is 90.1 Å². The minimum atomic E-state index is -0.125. The molecule has 0 saturated carbocycles. The fourth-order valence-electron chi connectivity index (χ4n) is 6.20. The van der Waals surface area contributed by atoms with Gasteiger partial charge in [0.2, 0.25) is 0 Å². The van der Waals surface area contributed by atoms with E-state index in [2.05, 4.69) is 27.1 Å². The molecular formula is C32H35N5O3. The first-order valence-corrected chi connectivity index (χ1v) is 14.2. The van der Waals surface area contributed by atoms with Gasteiger partial charge in [0.05, 0.1) is 12.7 Å². The zero-order valence-corrected chi connectivity index (χ0v) is 22.7. The zero-order valence-electron chi connectivity index (χ0n) is 22.7. The van der Waals surface area contributed by atoms with E-state index in [-0.39, 0.29) is 17.2 Å². The van der Waals surface area contributed by atoms with Crippen LogP contribution in [0.5, 0.6) is 5.75 Å². The van der Waals surface area contributed by atoms with Gasteiger partial charge in [-0.3, -0.25) is 14.6 Å². The molecule has 4 aromatic rings. The number of aromatic amines is 1. The van der Waals surface area contributed by atoms with Gasteiger partial charge in [-0.25, -0.2) is 4.98 Å². The topological polar surface area (TPSA) is 91.4 Å². The predicted molar refractivity (Wildman–Crippen MR) is 153 cm³/mol. The molecule has 0 atom stereocenters. The van der Waals surface area contributed by atoms with Gasteiger partial charge < -0.3 is 19.5 Å². The first-order chi connectivity index (χ1) is 19.6. The molecule has 6 rings (SSSR count). The Morgan fingerprint density at radius 2 is 1.77 bits per heavy atom. The molecule has 40 heavy (non-hydrogen) atoms. The summed E-state index contributed by atoms with van der Waals surface area (Å²) in [5, 5.41) is 1.04. The van der Waals surface area contributed by atoms with Crippen molar-refractivity contribution in [2.75, 3.05) is 32.8 Å². The molecule has 2 amide bonds. The number of aromatic nitrogens is 3. The van der Waals surface area contributed by atoms with Crippen LogP contribution in [0.2, 0.25) is 0 Å². The van der Waals surface area contributed by atoms with Crippen LogP contribution in [0.15, 0.2) is 73.3 Å². The van der Waals surface area contributed by atoms with Crippen molar-refractivity contribution in [3.63, 3.8) is 0 Å². The summed E-state index contributed by atoms with van der Waals surface area (Å²) in [6.07, 6.45) is 12.4. The molecule has 8 nitrogen and oxygen atoms in total. The maximum Gasteiger partial charge on any atom is 0.274 e.